The Labute approximate surface area is 120 Å². The van der Waals surface area contributed by atoms with Crippen LogP contribution < -0.4 is 10.2 Å². The summed E-state index contributed by atoms with van der Waals surface area (Å²) >= 11 is 0. The molecule has 1 aliphatic heterocycles. The molecule has 1 amide bonds. The third kappa shape index (κ3) is 3.12. The number of aliphatic hydroxyl groups is 1. The molecule has 1 heterocycles. The van der Waals surface area contributed by atoms with E-state index in [1.54, 1.807) is 4.90 Å². The molecule has 1 atom stereocenters. The molecule has 0 radical (unpaired) electrons. The molecule has 1 saturated heterocycles. The number of rotatable bonds is 3. The van der Waals surface area contributed by atoms with Crippen molar-refractivity contribution in [3.63, 3.8) is 0 Å². The lowest BCUT2D eigenvalue weighted by atomic mass is 10.0. The summed E-state index contributed by atoms with van der Waals surface area (Å²) in [5, 5.41) is 11.8. The number of nitrogens with zero attached hydrogens (tertiary/aromatic N) is 1. The Morgan fingerprint density at radius 3 is 2.71 bits per heavy atom. The maximum absolute atomic E-state index is 13.0. The summed E-state index contributed by atoms with van der Waals surface area (Å²) in [5.41, 5.74) is -0.676. The molecule has 0 aromatic heterocycles. The number of amides is 1. The number of hydrogen-bond acceptors (Lipinski definition) is 3. The third-order valence-corrected chi connectivity index (χ3v) is 3.62. The third-order valence-electron chi connectivity index (χ3n) is 3.62. The fourth-order valence-corrected chi connectivity index (χ4v) is 2.57. The number of nitrogens with one attached hydrogen (secondary N) is 1. The zero-order valence-corrected chi connectivity index (χ0v) is 11.6. The highest BCUT2D eigenvalue weighted by Crippen LogP contribution is 2.35. The number of anilines is 1. The van der Waals surface area contributed by atoms with Gasteiger partial charge in [-0.15, -0.1) is 0 Å². The molecule has 2 N–H and O–H groups in total. The maximum Gasteiger partial charge on any atom is 0.416 e. The molecule has 1 fully saturated rings. The van der Waals surface area contributed by atoms with Crippen molar-refractivity contribution in [3.05, 3.63) is 29.3 Å². The number of benzene rings is 1. The van der Waals surface area contributed by atoms with Gasteiger partial charge < -0.3 is 15.3 Å². The van der Waals surface area contributed by atoms with Crippen molar-refractivity contribution >= 4 is 11.6 Å². The lowest BCUT2D eigenvalue weighted by Gasteiger charge is -2.36. The summed E-state index contributed by atoms with van der Waals surface area (Å²) in [6.45, 7) is 2.00. The van der Waals surface area contributed by atoms with Crippen LogP contribution in [0.3, 0.4) is 0 Å². The van der Waals surface area contributed by atoms with Crippen molar-refractivity contribution in [1.82, 2.24) is 5.32 Å². The smallest absolute Gasteiger partial charge is 0.392 e. The first-order valence-electron chi connectivity index (χ1n) is 6.73. The van der Waals surface area contributed by atoms with Gasteiger partial charge in [-0.3, -0.25) is 4.79 Å². The highest BCUT2D eigenvalue weighted by Gasteiger charge is 2.35. The number of halogens is 3. The van der Waals surface area contributed by atoms with Gasteiger partial charge in [0, 0.05) is 18.8 Å². The molecule has 0 bridgehead atoms. The number of hydrogen-bond donors (Lipinski definition) is 2. The van der Waals surface area contributed by atoms with Crippen LogP contribution in [0.15, 0.2) is 18.2 Å². The van der Waals surface area contributed by atoms with E-state index in [1.165, 1.54) is 12.1 Å². The molecule has 1 aromatic carbocycles. The molecule has 1 aromatic rings. The standard InChI is InChI=1S/C14H17F3N2O2/c1-2-12-13(21)18-5-6-19(12)10-4-3-9(8-20)11(7-10)14(15,16)17/h3-4,7,12,20H,2,5-6,8H2,1H3,(H,18,21). The Kier molecular flexibility index (Phi) is 4.41. The van der Waals surface area contributed by atoms with Crippen LogP contribution in [0.2, 0.25) is 0 Å². The Morgan fingerprint density at radius 2 is 2.14 bits per heavy atom. The van der Waals surface area contributed by atoms with E-state index in [1.807, 2.05) is 6.92 Å². The van der Waals surface area contributed by atoms with Crippen LogP contribution in [0.4, 0.5) is 18.9 Å². The zero-order chi connectivity index (χ0) is 15.6. The Bertz CT molecular complexity index is 531. The second-order valence-electron chi connectivity index (χ2n) is 4.91. The summed E-state index contributed by atoms with van der Waals surface area (Å²) in [4.78, 5) is 13.5. The maximum atomic E-state index is 13.0. The molecule has 1 unspecified atom stereocenters. The van der Waals surface area contributed by atoms with Gasteiger partial charge in [0.2, 0.25) is 5.91 Å². The minimum absolute atomic E-state index is 0.166. The van der Waals surface area contributed by atoms with Crippen LogP contribution in [0.1, 0.15) is 24.5 Å². The second-order valence-corrected chi connectivity index (χ2v) is 4.91. The number of piperazine rings is 1. The van der Waals surface area contributed by atoms with Crippen LogP contribution in [-0.4, -0.2) is 30.1 Å². The average molecular weight is 302 g/mol. The molecule has 7 heteroatoms. The number of aliphatic hydroxyl groups excluding tert-OH is 1. The van der Waals surface area contributed by atoms with E-state index in [0.29, 0.717) is 25.2 Å². The van der Waals surface area contributed by atoms with Crippen LogP contribution in [0.5, 0.6) is 0 Å². The molecule has 1 aliphatic rings. The largest absolute Gasteiger partial charge is 0.416 e. The van der Waals surface area contributed by atoms with Gasteiger partial charge in [0.1, 0.15) is 6.04 Å². The van der Waals surface area contributed by atoms with Gasteiger partial charge in [0.15, 0.2) is 0 Å². The normalized spacial score (nSPS) is 19.6. The molecule has 0 spiro atoms. The van der Waals surface area contributed by atoms with Crippen LogP contribution in [-0.2, 0) is 17.6 Å². The number of carbonyl (C=O) groups is 1. The molecule has 4 nitrogen and oxygen atoms in total. The van der Waals surface area contributed by atoms with Crippen molar-refractivity contribution < 1.29 is 23.1 Å². The van der Waals surface area contributed by atoms with E-state index in [9.17, 15) is 18.0 Å². The van der Waals surface area contributed by atoms with Gasteiger partial charge >= 0.3 is 6.18 Å². The summed E-state index contributed by atoms with van der Waals surface area (Å²) in [6, 6.07) is 3.31. The van der Waals surface area contributed by atoms with Gasteiger partial charge in [0.25, 0.3) is 0 Å². The first-order chi connectivity index (χ1) is 9.88. The molecule has 116 valence electrons. The van der Waals surface area contributed by atoms with E-state index < -0.39 is 24.4 Å². The van der Waals surface area contributed by atoms with Gasteiger partial charge in [-0.1, -0.05) is 13.0 Å². The topological polar surface area (TPSA) is 52.6 Å². The van der Waals surface area contributed by atoms with E-state index in [0.717, 1.165) is 6.07 Å². The molecule has 2 rings (SSSR count). The van der Waals surface area contributed by atoms with Crippen molar-refractivity contribution in [2.75, 3.05) is 18.0 Å². The lowest BCUT2D eigenvalue weighted by molar-refractivity contribution is -0.138. The fourth-order valence-electron chi connectivity index (χ4n) is 2.57. The molecule has 0 aliphatic carbocycles. The predicted molar refractivity (Wildman–Crippen MR) is 71.8 cm³/mol. The van der Waals surface area contributed by atoms with Crippen LogP contribution in [0.25, 0.3) is 0 Å². The zero-order valence-electron chi connectivity index (χ0n) is 11.6. The molecule has 21 heavy (non-hydrogen) atoms. The lowest BCUT2D eigenvalue weighted by Crippen LogP contribution is -2.55. The summed E-state index contributed by atoms with van der Waals surface area (Å²) in [6.07, 6.45) is -4.03. The quantitative estimate of drug-likeness (QED) is 0.897. The Morgan fingerprint density at radius 1 is 1.43 bits per heavy atom. The van der Waals surface area contributed by atoms with E-state index >= 15 is 0 Å². The van der Waals surface area contributed by atoms with E-state index in [2.05, 4.69) is 5.32 Å². The van der Waals surface area contributed by atoms with Crippen molar-refractivity contribution in [2.24, 2.45) is 0 Å². The van der Waals surface area contributed by atoms with E-state index in [4.69, 9.17) is 5.11 Å². The summed E-state index contributed by atoms with van der Waals surface area (Å²) in [7, 11) is 0. The second kappa shape index (κ2) is 5.93. The Balaban J connectivity index is 2.42. The van der Waals surface area contributed by atoms with Crippen molar-refractivity contribution in [2.45, 2.75) is 32.2 Å². The highest BCUT2D eigenvalue weighted by molar-refractivity contribution is 5.86. The fraction of sp³-hybridized carbons (Fsp3) is 0.500. The first kappa shape index (κ1) is 15.6. The van der Waals surface area contributed by atoms with Gasteiger partial charge in [-0.05, 0) is 24.1 Å². The van der Waals surface area contributed by atoms with Gasteiger partial charge in [-0.2, -0.15) is 13.2 Å². The first-order valence-corrected chi connectivity index (χ1v) is 6.73. The van der Waals surface area contributed by atoms with Crippen molar-refractivity contribution in [1.29, 1.82) is 0 Å². The van der Waals surface area contributed by atoms with Crippen LogP contribution >= 0.6 is 0 Å². The molecule has 0 saturated carbocycles. The monoisotopic (exact) mass is 302 g/mol. The minimum atomic E-state index is -4.53. The average Bonchev–Trinajstić information content (AvgIpc) is 2.45. The molecular weight excluding hydrogens is 285 g/mol. The number of carbonyl (C=O) groups excluding carboxylic acids is 1. The number of alkyl halides is 3. The summed E-state index contributed by atoms with van der Waals surface area (Å²) < 4.78 is 39.1. The van der Waals surface area contributed by atoms with Crippen LogP contribution in [0, 0.1) is 0 Å². The van der Waals surface area contributed by atoms with Gasteiger partial charge in [0.05, 0.1) is 12.2 Å². The highest BCUT2D eigenvalue weighted by atomic mass is 19.4. The Hall–Kier alpha value is -1.76. The predicted octanol–water partition coefficient (Wildman–Crippen LogP) is 1.91. The summed E-state index contributed by atoms with van der Waals surface area (Å²) in [5.74, 6) is -0.177. The minimum Gasteiger partial charge on any atom is -0.392 e. The SMILES string of the molecule is CCC1C(=O)NCCN1c1ccc(CO)c(C(F)(F)F)c1. The van der Waals surface area contributed by atoms with Gasteiger partial charge in [-0.25, -0.2) is 0 Å². The molecular formula is C14H17F3N2O2. The van der Waals surface area contributed by atoms with E-state index in [-0.39, 0.29) is 11.5 Å². The van der Waals surface area contributed by atoms with Crippen molar-refractivity contribution in [3.8, 4) is 0 Å².